The number of amides is 2. The molecule has 2 amide bonds. The highest BCUT2D eigenvalue weighted by atomic mass is 16.2. The molecule has 3 rings (SSSR count). The lowest BCUT2D eigenvalue weighted by Crippen LogP contribution is -2.26. The predicted octanol–water partition coefficient (Wildman–Crippen LogP) is 1.03. The Morgan fingerprint density at radius 1 is 1.07 bits per heavy atom. The molecule has 2 aliphatic carbocycles. The molecule has 0 aromatic heterocycles. The second-order valence-electron chi connectivity index (χ2n) is 4.80. The van der Waals surface area contributed by atoms with Crippen molar-refractivity contribution in [2.24, 2.45) is 23.7 Å². The third-order valence-corrected chi connectivity index (χ3v) is 3.83. The standard InChI is InChI=1S/C12H13NO2/c1-5(2)8-6-3-4-7(8)10-9(6)11(14)13-12(10)15/h3-4,6-7,9-10H,1-2H3,(H,13,14,15)/t6-,7-,9-,10+/m0/s1. The monoisotopic (exact) mass is 203 g/mol. The lowest BCUT2D eigenvalue weighted by atomic mass is 9.85. The molecular formula is C12H13NO2. The fourth-order valence-electron chi connectivity index (χ4n) is 3.35. The van der Waals surface area contributed by atoms with E-state index in [1.165, 1.54) is 11.1 Å². The van der Waals surface area contributed by atoms with E-state index >= 15 is 0 Å². The van der Waals surface area contributed by atoms with Crippen molar-refractivity contribution in [3.8, 4) is 0 Å². The highest BCUT2D eigenvalue weighted by Crippen LogP contribution is 2.54. The number of nitrogens with one attached hydrogen (secondary N) is 1. The van der Waals surface area contributed by atoms with Crippen LogP contribution in [0.3, 0.4) is 0 Å². The summed E-state index contributed by atoms with van der Waals surface area (Å²) in [6.07, 6.45) is 4.18. The molecule has 1 N–H and O–H groups in total. The van der Waals surface area contributed by atoms with Crippen LogP contribution in [-0.4, -0.2) is 11.8 Å². The minimum absolute atomic E-state index is 0.0828. The van der Waals surface area contributed by atoms with Crippen LogP contribution in [0.2, 0.25) is 0 Å². The molecule has 0 radical (unpaired) electrons. The van der Waals surface area contributed by atoms with E-state index in [9.17, 15) is 9.59 Å². The van der Waals surface area contributed by atoms with Gasteiger partial charge in [0.2, 0.25) is 11.8 Å². The Morgan fingerprint density at radius 3 is 1.93 bits per heavy atom. The van der Waals surface area contributed by atoms with Crippen molar-refractivity contribution in [3.63, 3.8) is 0 Å². The maximum absolute atomic E-state index is 11.6. The molecule has 3 nitrogen and oxygen atoms in total. The molecule has 0 aromatic rings. The van der Waals surface area contributed by atoms with Crippen LogP contribution in [0.25, 0.3) is 0 Å². The second kappa shape index (κ2) is 2.60. The summed E-state index contributed by atoms with van der Waals surface area (Å²) in [4.78, 5) is 23.3. The molecule has 1 saturated heterocycles. The average molecular weight is 203 g/mol. The van der Waals surface area contributed by atoms with Gasteiger partial charge in [-0.05, 0) is 13.8 Å². The van der Waals surface area contributed by atoms with Crippen LogP contribution in [0.1, 0.15) is 13.8 Å². The molecule has 2 fully saturated rings. The van der Waals surface area contributed by atoms with Gasteiger partial charge in [-0.3, -0.25) is 14.9 Å². The van der Waals surface area contributed by atoms with Gasteiger partial charge in [-0.25, -0.2) is 0 Å². The minimum Gasteiger partial charge on any atom is -0.296 e. The molecule has 15 heavy (non-hydrogen) atoms. The van der Waals surface area contributed by atoms with Gasteiger partial charge in [-0.2, -0.15) is 0 Å². The number of fused-ring (bicyclic) bond motifs is 5. The Labute approximate surface area is 88.2 Å². The maximum atomic E-state index is 11.6. The van der Waals surface area contributed by atoms with Crippen LogP contribution in [-0.2, 0) is 9.59 Å². The van der Waals surface area contributed by atoms with Gasteiger partial charge < -0.3 is 0 Å². The van der Waals surface area contributed by atoms with Gasteiger partial charge in [-0.1, -0.05) is 23.3 Å². The highest BCUT2D eigenvalue weighted by Gasteiger charge is 2.58. The van der Waals surface area contributed by atoms with E-state index in [0.29, 0.717) is 0 Å². The summed E-state index contributed by atoms with van der Waals surface area (Å²) >= 11 is 0. The van der Waals surface area contributed by atoms with E-state index < -0.39 is 0 Å². The fourth-order valence-corrected chi connectivity index (χ4v) is 3.35. The average Bonchev–Trinajstić information content (AvgIpc) is 2.77. The third kappa shape index (κ3) is 0.907. The van der Waals surface area contributed by atoms with Crippen LogP contribution in [0.15, 0.2) is 23.3 Å². The van der Waals surface area contributed by atoms with Gasteiger partial charge in [0, 0.05) is 11.8 Å². The first kappa shape index (κ1) is 8.89. The van der Waals surface area contributed by atoms with Gasteiger partial charge in [0.15, 0.2) is 0 Å². The van der Waals surface area contributed by atoms with Gasteiger partial charge in [0.1, 0.15) is 0 Å². The molecule has 0 aromatic carbocycles. The molecule has 4 atom stereocenters. The van der Waals surface area contributed by atoms with E-state index in [4.69, 9.17) is 0 Å². The summed E-state index contributed by atoms with van der Waals surface area (Å²) in [6, 6.07) is 0. The molecule has 78 valence electrons. The SMILES string of the molecule is CC(C)=C1[C@@H]2C=C[C@@H]1[C@H]1C(=O)NC(=O)[C@H]12. The van der Waals surface area contributed by atoms with E-state index in [2.05, 4.69) is 31.3 Å². The first-order valence-corrected chi connectivity index (χ1v) is 5.31. The molecule has 1 aliphatic heterocycles. The summed E-state index contributed by atoms with van der Waals surface area (Å²) in [5.41, 5.74) is 2.55. The minimum atomic E-state index is -0.127. The maximum Gasteiger partial charge on any atom is 0.231 e. The Kier molecular flexibility index (Phi) is 1.54. The predicted molar refractivity (Wildman–Crippen MR) is 54.6 cm³/mol. The molecular weight excluding hydrogens is 190 g/mol. The lowest BCUT2D eigenvalue weighted by Gasteiger charge is -2.13. The van der Waals surface area contributed by atoms with E-state index in [-0.39, 0.29) is 35.5 Å². The Hall–Kier alpha value is -1.38. The molecule has 3 aliphatic rings. The normalized spacial score (nSPS) is 41.1. The zero-order valence-corrected chi connectivity index (χ0v) is 8.78. The molecule has 1 saturated carbocycles. The first-order valence-electron chi connectivity index (χ1n) is 5.31. The topological polar surface area (TPSA) is 46.2 Å². The van der Waals surface area contributed by atoms with Crippen LogP contribution in [0.4, 0.5) is 0 Å². The summed E-state index contributed by atoms with van der Waals surface area (Å²) in [5, 5.41) is 2.44. The number of hydrogen-bond acceptors (Lipinski definition) is 2. The number of rotatable bonds is 0. The fraction of sp³-hybridized carbons (Fsp3) is 0.500. The highest BCUT2D eigenvalue weighted by molar-refractivity contribution is 6.07. The summed E-state index contributed by atoms with van der Waals surface area (Å²) in [5.74, 6) is -0.0658. The lowest BCUT2D eigenvalue weighted by molar-refractivity contribution is -0.126. The number of imide groups is 1. The molecule has 3 heteroatoms. The number of hydrogen-bond donors (Lipinski definition) is 1. The third-order valence-electron chi connectivity index (χ3n) is 3.83. The Morgan fingerprint density at radius 2 is 1.53 bits per heavy atom. The van der Waals surface area contributed by atoms with Crippen molar-refractivity contribution in [1.29, 1.82) is 0 Å². The smallest absolute Gasteiger partial charge is 0.231 e. The number of carbonyl (C=O) groups is 2. The van der Waals surface area contributed by atoms with Gasteiger partial charge in [0.05, 0.1) is 11.8 Å². The summed E-state index contributed by atoms with van der Waals surface area (Å²) in [7, 11) is 0. The van der Waals surface area contributed by atoms with Crippen molar-refractivity contribution >= 4 is 11.8 Å². The second-order valence-corrected chi connectivity index (χ2v) is 4.80. The van der Waals surface area contributed by atoms with Crippen molar-refractivity contribution in [3.05, 3.63) is 23.3 Å². The van der Waals surface area contributed by atoms with Crippen LogP contribution in [0.5, 0.6) is 0 Å². The Balaban J connectivity index is 2.13. The van der Waals surface area contributed by atoms with Crippen LogP contribution >= 0.6 is 0 Å². The summed E-state index contributed by atoms with van der Waals surface area (Å²) in [6.45, 7) is 4.12. The quantitative estimate of drug-likeness (QED) is 0.472. The molecule has 0 spiro atoms. The zero-order chi connectivity index (χ0) is 10.7. The summed E-state index contributed by atoms with van der Waals surface area (Å²) < 4.78 is 0. The largest absolute Gasteiger partial charge is 0.296 e. The van der Waals surface area contributed by atoms with Crippen LogP contribution in [0, 0.1) is 23.7 Å². The molecule has 1 heterocycles. The van der Waals surface area contributed by atoms with E-state index in [0.717, 1.165) is 0 Å². The zero-order valence-electron chi connectivity index (χ0n) is 8.78. The van der Waals surface area contributed by atoms with Gasteiger partial charge in [0.25, 0.3) is 0 Å². The molecule has 2 bridgehead atoms. The van der Waals surface area contributed by atoms with Crippen molar-refractivity contribution in [2.75, 3.05) is 0 Å². The van der Waals surface area contributed by atoms with E-state index in [1.54, 1.807) is 0 Å². The first-order chi connectivity index (χ1) is 7.11. The molecule has 0 unspecified atom stereocenters. The Bertz CT molecular complexity index is 397. The van der Waals surface area contributed by atoms with Crippen LogP contribution < -0.4 is 5.32 Å². The number of carbonyl (C=O) groups excluding carboxylic acids is 2. The van der Waals surface area contributed by atoms with Crippen molar-refractivity contribution < 1.29 is 9.59 Å². The van der Waals surface area contributed by atoms with Gasteiger partial charge in [-0.15, -0.1) is 0 Å². The van der Waals surface area contributed by atoms with Crippen molar-refractivity contribution in [2.45, 2.75) is 13.8 Å². The van der Waals surface area contributed by atoms with E-state index in [1.807, 2.05) is 0 Å². The van der Waals surface area contributed by atoms with Gasteiger partial charge >= 0.3 is 0 Å². The van der Waals surface area contributed by atoms with Crippen molar-refractivity contribution in [1.82, 2.24) is 5.32 Å². The number of allylic oxidation sites excluding steroid dienone is 4.